The fourth-order valence-corrected chi connectivity index (χ4v) is 2.57. The average molecular weight is 380 g/mol. The number of hydrogen-bond acceptors (Lipinski definition) is 6. The molecule has 1 N–H and O–H groups in total. The standard InChI is InChI=1S/C15H14BrN3O4/c1-8-4-12(16)14(17-7-8)18-13-6-10(19(21)22)5-11(9(13)2)15(20)23-3/h4-7H,1-3H3,(H,17,18). The van der Waals surface area contributed by atoms with Gasteiger partial charge in [0.1, 0.15) is 5.82 Å². The molecular formula is C15H14BrN3O4. The van der Waals surface area contributed by atoms with E-state index in [2.05, 4.69) is 31.0 Å². The highest BCUT2D eigenvalue weighted by Gasteiger charge is 2.20. The number of hydrogen-bond donors (Lipinski definition) is 1. The van der Waals surface area contributed by atoms with E-state index < -0.39 is 10.9 Å². The number of halogens is 1. The molecule has 0 fully saturated rings. The lowest BCUT2D eigenvalue weighted by molar-refractivity contribution is -0.384. The molecule has 8 heteroatoms. The van der Waals surface area contributed by atoms with E-state index in [1.165, 1.54) is 19.2 Å². The molecule has 1 heterocycles. The van der Waals surface area contributed by atoms with Crippen molar-refractivity contribution in [2.45, 2.75) is 13.8 Å². The second kappa shape index (κ2) is 6.74. The molecular weight excluding hydrogens is 366 g/mol. The smallest absolute Gasteiger partial charge is 0.338 e. The van der Waals surface area contributed by atoms with Crippen LogP contribution in [0.3, 0.4) is 0 Å². The Morgan fingerprint density at radius 2 is 2.04 bits per heavy atom. The van der Waals surface area contributed by atoms with Crippen LogP contribution in [-0.2, 0) is 4.74 Å². The Bertz CT molecular complexity index is 793. The SMILES string of the molecule is COC(=O)c1cc([N+](=O)[O-])cc(Nc2ncc(C)cc2Br)c1C. The lowest BCUT2D eigenvalue weighted by atomic mass is 10.1. The lowest BCUT2D eigenvalue weighted by Gasteiger charge is -2.13. The quantitative estimate of drug-likeness (QED) is 0.491. The zero-order valence-corrected chi connectivity index (χ0v) is 14.3. The Morgan fingerprint density at radius 1 is 1.35 bits per heavy atom. The van der Waals surface area contributed by atoms with Gasteiger partial charge in [0.15, 0.2) is 0 Å². The zero-order valence-electron chi connectivity index (χ0n) is 12.7. The molecule has 0 aliphatic carbocycles. The summed E-state index contributed by atoms with van der Waals surface area (Å²) in [5.41, 5.74) is 1.84. The number of methoxy groups -OCH3 is 1. The summed E-state index contributed by atoms with van der Waals surface area (Å²) in [5, 5.41) is 14.1. The van der Waals surface area contributed by atoms with Gasteiger partial charge in [0.2, 0.25) is 0 Å². The molecule has 0 amide bonds. The van der Waals surface area contributed by atoms with Crippen LogP contribution in [-0.4, -0.2) is 23.0 Å². The van der Waals surface area contributed by atoms with E-state index in [1.807, 2.05) is 13.0 Å². The number of ether oxygens (including phenoxy) is 1. The van der Waals surface area contributed by atoms with Crippen LogP contribution in [0, 0.1) is 24.0 Å². The molecule has 120 valence electrons. The molecule has 1 aromatic heterocycles. The third-order valence-electron chi connectivity index (χ3n) is 3.24. The third kappa shape index (κ3) is 3.65. The van der Waals surface area contributed by atoms with Crippen molar-refractivity contribution >= 4 is 39.1 Å². The van der Waals surface area contributed by atoms with E-state index in [1.54, 1.807) is 13.1 Å². The number of benzene rings is 1. The van der Waals surface area contributed by atoms with Gasteiger partial charge in [-0.25, -0.2) is 9.78 Å². The van der Waals surface area contributed by atoms with E-state index in [4.69, 9.17) is 0 Å². The van der Waals surface area contributed by atoms with Gasteiger partial charge >= 0.3 is 5.97 Å². The largest absolute Gasteiger partial charge is 0.465 e. The zero-order chi connectivity index (χ0) is 17.1. The summed E-state index contributed by atoms with van der Waals surface area (Å²) < 4.78 is 5.39. The summed E-state index contributed by atoms with van der Waals surface area (Å²) in [6, 6.07) is 4.42. The van der Waals surface area contributed by atoms with Crippen molar-refractivity contribution in [3.8, 4) is 0 Å². The van der Waals surface area contributed by atoms with Crippen LogP contribution in [0.15, 0.2) is 28.9 Å². The van der Waals surface area contributed by atoms with Crippen LogP contribution in [0.5, 0.6) is 0 Å². The molecule has 0 saturated heterocycles. The molecule has 0 aliphatic heterocycles. The number of aromatic nitrogens is 1. The number of aryl methyl sites for hydroxylation is 1. The highest BCUT2D eigenvalue weighted by molar-refractivity contribution is 9.10. The molecule has 0 unspecified atom stereocenters. The summed E-state index contributed by atoms with van der Waals surface area (Å²) in [7, 11) is 1.23. The van der Waals surface area contributed by atoms with E-state index in [0.29, 0.717) is 21.5 Å². The van der Waals surface area contributed by atoms with Crippen LogP contribution in [0.2, 0.25) is 0 Å². The first-order valence-corrected chi connectivity index (χ1v) is 7.39. The molecule has 23 heavy (non-hydrogen) atoms. The Kier molecular flexibility index (Phi) is 4.95. The molecule has 0 atom stereocenters. The Balaban J connectivity index is 2.54. The normalized spacial score (nSPS) is 10.3. The van der Waals surface area contributed by atoms with E-state index >= 15 is 0 Å². The second-order valence-corrected chi connectivity index (χ2v) is 5.74. The van der Waals surface area contributed by atoms with Crippen LogP contribution >= 0.6 is 15.9 Å². The number of nitro groups is 1. The summed E-state index contributed by atoms with van der Waals surface area (Å²) in [6.07, 6.45) is 1.67. The van der Waals surface area contributed by atoms with Crippen molar-refractivity contribution in [2.75, 3.05) is 12.4 Å². The van der Waals surface area contributed by atoms with Gasteiger partial charge in [-0.05, 0) is 47.0 Å². The number of rotatable bonds is 4. The predicted molar refractivity (Wildman–Crippen MR) is 89.1 cm³/mol. The topological polar surface area (TPSA) is 94.4 Å². The van der Waals surface area contributed by atoms with Crippen molar-refractivity contribution in [3.05, 3.63) is 55.7 Å². The van der Waals surface area contributed by atoms with Gasteiger partial charge in [-0.15, -0.1) is 0 Å². The Labute approximate surface area is 141 Å². The summed E-state index contributed by atoms with van der Waals surface area (Å²) >= 11 is 3.39. The van der Waals surface area contributed by atoms with Crippen LogP contribution in [0.25, 0.3) is 0 Å². The van der Waals surface area contributed by atoms with Gasteiger partial charge in [-0.1, -0.05) is 0 Å². The van der Waals surface area contributed by atoms with Crippen molar-refractivity contribution in [1.29, 1.82) is 0 Å². The van der Waals surface area contributed by atoms with E-state index in [-0.39, 0.29) is 11.3 Å². The number of esters is 1. The van der Waals surface area contributed by atoms with Gasteiger partial charge in [-0.3, -0.25) is 10.1 Å². The minimum atomic E-state index is -0.634. The Morgan fingerprint density at radius 3 is 2.61 bits per heavy atom. The molecule has 1 aromatic carbocycles. The number of nitrogens with one attached hydrogen (secondary N) is 1. The minimum absolute atomic E-state index is 0.132. The first-order valence-electron chi connectivity index (χ1n) is 6.60. The molecule has 2 rings (SSSR count). The first-order chi connectivity index (χ1) is 10.8. The van der Waals surface area contributed by atoms with Gasteiger partial charge in [0.25, 0.3) is 5.69 Å². The maximum atomic E-state index is 11.8. The summed E-state index contributed by atoms with van der Waals surface area (Å²) in [4.78, 5) is 26.6. The molecule has 0 spiro atoms. The highest BCUT2D eigenvalue weighted by Crippen LogP contribution is 2.31. The van der Waals surface area contributed by atoms with Gasteiger partial charge in [0, 0.05) is 18.3 Å². The third-order valence-corrected chi connectivity index (χ3v) is 3.84. The van der Waals surface area contributed by atoms with Gasteiger partial charge < -0.3 is 10.1 Å². The van der Waals surface area contributed by atoms with Gasteiger partial charge in [0.05, 0.1) is 27.8 Å². The first kappa shape index (κ1) is 16.9. The van der Waals surface area contributed by atoms with Crippen molar-refractivity contribution in [2.24, 2.45) is 0 Å². The number of non-ortho nitro benzene ring substituents is 1. The fraction of sp³-hybridized carbons (Fsp3) is 0.200. The molecule has 0 aliphatic rings. The molecule has 7 nitrogen and oxygen atoms in total. The maximum Gasteiger partial charge on any atom is 0.338 e. The van der Waals surface area contributed by atoms with Crippen molar-refractivity contribution in [3.63, 3.8) is 0 Å². The molecule has 0 radical (unpaired) electrons. The number of carbonyl (C=O) groups is 1. The predicted octanol–water partition coefficient (Wildman–Crippen LogP) is 3.90. The lowest BCUT2D eigenvalue weighted by Crippen LogP contribution is -2.08. The number of pyridine rings is 1. The number of nitrogens with zero attached hydrogens (tertiary/aromatic N) is 2. The molecule has 2 aromatic rings. The van der Waals surface area contributed by atoms with E-state index in [0.717, 1.165) is 5.56 Å². The van der Waals surface area contributed by atoms with Crippen LogP contribution < -0.4 is 5.32 Å². The van der Waals surface area contributed by atoms with Crippen molar-refractivity contribution < 1.29 is 14.5 Å². The van der Waals surface area contributed by atoms with Crippen LogP contribution in [0.4, 0.5) is 17.2 Å². The number of carbonyl (C=O) groups excluding carboxylic acids is 1. The van der Waals surface area contributed by atoms with Gasteiger partial charge in [-0.2, -0.15) is 0 Å². The maximum absolute atomic E-state index is 11.8. The molecule has 0 bridgehead atoms. The monoisotopic (exact) mass is 379 g/mol. The minimum Gasteiger partial charge on any atom is -0.465 e. The number of nitro benzene ring substituents is 1. The summed E-state index contributed by atoms with van der Waals surface area (Å²) in [6.45, 7) is 3.58. The van der Waals surface area contributed by atoms with E-state index in [9.17, 15) is 14.9 Å². The second-order valence-electron chi connectivity index (χ2n) is 4.88. The van der Waals surface area contributed by atoms with Crippen LogP contribution in [0.1, 0.15) is 21.5 Å². The molecule has 0 saturated carbocycles. The Hall–Kier alpha value is -2.48. The number of anilines is 2. The average Bonchev–Trinajstić information content (AvgIpc) is 2.50. The van der Waals surface area contributed by atoms with Crippen molar-refractivity contribution in [1.82, 2.24) is 4.98 Å². The fourth-order valence-electron chi connectivity index (χ4n) is 2.01. The summed E-state index contributed by atoms with van der Waals surface area (Å²) in [5.74, 6) is -0.139. The highest BCUT2D eigenvalue weighted by atomic mass is 79.9.